The molecule has 1 unspecified atom stereocenters. The van der Waals surface area contributed by atoms with Gasteiger partial charge in [0.1, 0.15) is 5.75 Å². The lowest BCUT2D eigenvalue weighted by molar-refractivity contribution is -0.116. The second-order valence-electron chi connectivity index (χ2n) is 7.56. The third-order valence-corrected chi connectivity index (χ3v) is 5.14. The molecule has 0 bridgehead atoms. The molecule has 2 aromatic rings. The van der Waals surface area contributed by atoms with Crippen LogP contribution < -0.4 is 20.3 Å². The number of rotatable bonds is 7. The normalized spacial score (nSPS) is 14.4. The molecule has 1 saturated heterocycles. The fraction of sp³-hybridized carbons (Fsp3) is 0.391. The predicted molar refractivity (Wildman–Crippen MR) is 116 cm³/mol. The number of amides is 2. The minimum atomic E-state index is -0.295. The summed E-state index contributed by atoms with van der Waals surface area (Å²) < 4.78 is 5.27. The molecule has 0 radical (unpaired) electrons. The molecule has 1 fully saturated rings. The van der Waals surface area contributed by atoms with Gasteiger partial charge in [-0.25, -0.2) is 0 Å². The molecule has 0 aliphatic carbocycles. The third kappa shape index (κ3) is 5.50. The van der Waals surface area contributed by atoms with Crippen molar-refractivity contribution in [3.63, 3.8) is 0 Å². The fourth-order valence-electron chi connectivity index (χ4n) is 3.57. The number of hydrogen-bond donors (Lipinski definition) is 2. The van der Waals surface area contributed by atoms with Gasteiger partial charge in [0.2, 0.25) is 5.91 Å². The minimum absolute atomic E-state index is 0.127. The van der Waals surface area contributed by atoms with Gasteiger partial charge in [0.15, 0.2) is 0 Å². The lowest BCUT2D eigenvalue weighted by Crippen LogP contribution is -2.35. The molecule has 0 aromatic heterocycles. The molecule has 2 aromatic carbocycles. The highest BCUT2D eigenvalue weighted by molar-refractivity contribution is 5.96. The number of nitrogens with one attached hydrogen (secondary N) is 2. The number of hydrogen-bond acceptors (Lipinski definition) is 4. The summed E-state index contributed by atoms with van der Waals surface area (Å²) in [5, 5.41) is 5.81. The van der Waals surface area contributed by atoms with Gasteiger partial charge in [-0.15, -0.1) is 0 Å². The van der Waals surface area contributed by atoms with Crippen molar-refractivity contribution in [2.24, 2.45) is 0 Å². The average molecular weight is 396 g/mol. The fourth-order valence-corrected chi connectivity index (χ4v) is 3.57. The van der Waals surface area contributed by atoms with E-state index >= 15 is 0 Å². The summed E-state index contributed by atoms with van der Waals surface area (Å²) in [6, 6.07) is 12.9. The van der Waals surface area contributed by atoms with E-state index in [1.54, 1.807) is 19.2 Å². The van der Waals surface area contributed by atoms with E-state index in [-0.39, 0.29) is 24.3 Å². The van der Waals surface area contributed by atoms with Crippen molar-refractivity contribution in [1.82, 2.24) is 5.32 Å². The number of aryl methyl sites for hydroxylation is 1. The summed E-state index contributed by atoms with van der Waals surface area (Å²) in [5.74, 6) is 0.318. The molecule has 1 atom stereocenters. The second kappa shape index (κ2) is 9.45. The van der Waals surface area contributed by atoms with Crippen LogP contribution in [0.25, 0.3) is 0 Å². The topological polar surface area (TPSA) is 70.7 Å². The molecule has 1 aliphatic rings. The minimum Gasteiger partial charge on any atom is -0.496 e. The Balaban J connectivity index is 1.54. The van der Waals surface area contributed by atoms with Crippen molar-refractivity contribution in [2.75, 3.05) is 30.4 Å². The van der Waals surface area contributed by atoms with E-state index in [0.717, 1.165) is 30.0 Å². The van der Waals surface area contributed by atoms with Crippen LogP contribution >= 0.6 is 0 Å². The van der Waals surface area contributed by atoms with Crippen LogP contribution in [0.4, 0.5) is 11.4 Å². The molecule has 6 heteroatoms. The number of carbonyl (C=O) groups is 2. The van der Waals surface area contributed by atoms with Crippen molar-refractivity contribution < 1.29 is 14.3 Å². The van der Waals surface area contributed by atoms with E-state index in [4.69, 9.17) is 4.74 Å². The molecule has 1 heterocycles. The first-order valence-corrected chi connectivity index (χ1v) is 10.1. The van der Waals surface area contributed by atoms with Crippen LogP contribution in [0.2, 0.25) is 0 Å². The summed E-state index contributed by atoms with van der Waals surface area (Å²) in [5.41, 5.74) is 3.39. The van der Waals surface area contributed by atoms with Gasteiger partial charge in [-0.05, 0) is 62.6 Å². The summed E-state index contributed by atoms with van der Waals surface area (Å²) in [4.78, 5) is 27.2. The highest BCUT2D eigenvalue weighted by Gasteiger charge is 2.16. The van der Waals surface area contributed by atoms with Crippen LogP contribution in [-0.2, 0) is 4.79 Å². The molecule has 29 heavy (non-hydrogen) atoms. The zero-order chi connectivity index (χ0) is 20.8. The molecule has 0 saturated carbocycles. The zero-order valence-corrected chi connectivity index (χ0v) is 17.3. The Morgan fingerprint density at radius 1 is 1.14 bits per heavy atom. The quantitative estimate of drug-likeness (QED) is 0.749. The van der Waals surface area contributed by atoms with Crippen molar-refractivity contribution in [3.05, 3.63) is 53.6 Å². The van der Waals surface area contributed by atoms with Gasteiger partial charge >= 0.3 is 0 Å². The maximum atomic E-state index is 12.5. The van der Waals surface area contributed by atoms with Crippen LogP contribution in [0.1, 0.15) is 42.1 Å². The van der Waals surface area contributed by atoms with Crippen LogP contribution in [0.5, 0.6) is 5.75 Å². The summed E-state index contributed by atoms with van der Waals surface area (Å²) >= 11 is 0. The smallest absolute Gasteiger partial charge is 0.251 e. The van der Waals surface area contributed by atoms with Crippen LogP contribution in [0.3, 0.4) is 0 Å². The number of anilines is 2. The molecule has 2 N–H and O–H groups in total. The van der Waals surface area contributed by atoms with Gasteiger partial charge in [-0.1, -0.05) is 12.1 Å². The van der Waals surface area contributed by atoms with Gasteiger partial charge in [0, 0.05) is 42.5 Å². The van der Waals surface area contributed by atoms with Gasteiger partial charge in [-0.3, -0.25) is 9.59 Å². The van der Waals surface area contributed by atoms with E-state index < -0.39 is 0 Å². The molecule has 6 nitrogen and oxygen atoms in total. The maximum Gasteiger partial charge on any atom is 0.251 e. The lowest BCUT2D eigenvalue weighted by Gasteiger charge is -2.19. The molecule has 2 amide bonds. The lowest BCUT2D eigenvalue weighted by atomic mass is 10.1. The Kier molecular flexibility index (Phi) is 6.75. The highest BCUT2D eigenvalue weighted by Crippen LogP contribution is 2.23. The summed E-state index contributed by atoms with van der Waals surface area (Å²) in [6.07, 6.45) is 2.62. The van der Waals surface area contributed by atoms with Crippen molar-refractivity contribution in [2.45, 2.75) is 39.2 Å². The molecule has 3 rings (SSSR count). The Labute approximate surface area is 172 Å². The highest BCUT2D eigenvalue weighted by atomic mass is 16.5. The molecule has 1 aliphatic heterocycles. The number of benzene rings is 2. The molecule has 0 spiro atoms. The zero-order valence-electron chi connectivity index (χ0n) is 17.3. The van der Waals surface area contributed by atoms with E-state index in [9.17, 15) is 9.59 Å². The maximum absolute atomic E-state index is 12.5. The molecule has 154 valence electrons. The SMILES string of the molecule is COc1cc(C(=O)NC(C)CC(=O)Nc2cccc(N3CCCC3)c2)ccc1C. The first-order valence-electron chi connectivity index (χ1n) is 10.1. The Morgan fingerprint density at radius 2 is 1.90 bits per heavy atom. The largest absolute Gasteiger partial charge is 0.496 e. The molecular weight excluding hydrogens is 366 g/mol. The molecular formula is C23H29N3O3. The Hall–Kier alpha value is -3.02. The van der Waals surface area contributed by atoms with Gasteiger partial charge < -0.3 is 20.3 Å². The van der Waals surface area contributed by atoms with E-state index in [0.29, 0.717) is 11.3 Å². The van der Waals surface area contributed by atoms with Crippen molar-refractivity contribution in [1.29, 1.82) is 0 Å². The van der Waals surface area contributed by atoms with Gasteiger partial charge in [-0.2, -0.15) is 0 Å². The van der Waals surface area contributed by atoms with Crippen molar-refractivity contribution in [3.8, 4) is 5.75 Å². The predicted octanol–water partition coefficient (Wildman–Crippen LogP) is 3.75. The first-order chi connectivity index (χ1) is 14.0. The summed E-state index contributed by atoms with van der Waals surface area (Å²) in [6.45, 7) is 5.87. The number of nitrogens with zero attached hydrogens (tertiary/aromatic N) is 1. The van der Waals surface area contributed by atoms with Crippen molar-refractivity contribution >= 4 is 23.2 Å². The van der Waals surface area contributed by atoms with Gasteiger partial charge in [0.25, 0.3) is 5.91 Å². The Bertz CT molecular complexity index is 875. The van der Waals surface area contributed by atoms with E-state index in [1.807, 2.05) is 38.1 Å². The van der Waals surface area contributed by atoms with Gasteiger partial charge in [0.05, 0.1) is 7.11 Å². The number of carbonyl (C=O) groups excluding carboxylic acids is 2. The number of methoxy groups -OCH3 is 1. The average Bonchev–Trinajstić information content (AvgIpc) is 3.23. The van der Waals surface area contributed by atoms with Crippen LogP contribution in [0.15, 0.2) is 42.5 Å². The second-order valence-corrected chi connectivity index (χ2v) is 7.56. The van der Waals surface area contributed by atoms with Crippen LogP contribution in [0, 0.1) is 6.92 Å². The number of ether oxygens (including phenoxy) is 1. The standard InChI is InChI=1S/C23H29N3O3/c1-16-9-10-18(14-21(16)29-3)23(28)24-17(2)13-22(27)25-19-7-6-8-20(15-19)26-11-4-5-12-26/h6-10,14-15,17H,4-5,11-13H2,1-3H3,(H,24,28)(H,25,27). The summed E-state index contributed by atoms with van der Waals surface area (Å²) in [7, 11) is 1.58. The monoisotopic (exact) mass is 395 g/mol. The van der Waals surface area contributed by atoms with E-state index in [2.05, 4.69) is 21.6 Å². The third-order valence-electron chi connectivity index (χ3n) is 5.14. The Morgan fingerprint density at radius 3 is 2.62 bits per heavy atom. The van der Waals surface area contributed by atoms with Crippen LogP contribution in [-0.4, -0.2) is 38.1 Å². The van der Waals surface area contributed by atoms with E-state index in [1.165, 1.54) is 12.8 Å². The first kappa shape index (κ1) is 20.7.